The van der Waals surface area contributed by atoms with Gasteiger partial charge in [-0.2, -0.15) is 0 Å². The number of hydrogen-bond acceptors (Lipinski definition) is 3. The van der Waals surface area contributed by atoms with Crippen molar-refractivity contribution < 1.29 is 0 Å². The number of aromatic nitrogens is 4. The van der Waals surface area contributed by atoms with E-state index in [2.05, 4.69) is 59.4 Å². The minimum Gasteiger partial charge on any atom is -0.348 e. The van der Waals surface area contributed by atoms with Crippen LogP contribution in [0.3, 0.4) is 0 Å². The molecule has 0 spiro atoms. The van der Waals surface area contributed by atoms with Crippen molar-refractivity contribution in [2.24, 2.45) is 7.05 Å². The van der Waals surface area contributed by atoms with Gasteiger partial charge in [0.15, 0.2) is 0 Å². The zero-order chi connectivity index (χ0) is 13.2. The molecule has 18 heavy (non-hydrogen) atoms. The molecule has 98 valence electrons. The molecule has 5 nitrogen and oxygen atoms in total. The Hall–Kier alpha value is -1.62. The third kappa shape index (κ3) is 3.70. The Bertz CT molecular complexity index is 503. The largest absolute Gasteiger partial charge is 0.348 e. The molecule has 0 aliphatic heterocycles. The van der Waals surface area contributed by atoms with Crippen LogP contribution in [0.15, 0.2) is 24.7 Å². The van der Waals surface area contributed by atoms with E-state index in [4.69, 9.17) is 0 Å². The molecule has 5 heteroatoms. The normalized spacial score (nSPS) is 12.0. The van der Waals surface area contributed by atoms with Crippen molar-refractivity contribution >= 4 is 0 Å². The van der Waals surface area contributed by atoms with Gasteiger partial charge in [0.25, 0.3) is 0 Å². The maximum Gasteiger partial charge on any atom is 0.102 e. The summed E-state index contributed by atoms with van der Waals surface area (Å²) in [5.41, 5.74) is 2.41. The monoisotopic (exact) mass is 247 g/mol. The summed E-state index contributed by atoms with van der Waals surface area (Å²) < 4.78 is 3.85. The standard InChI is InChI=1S/C13H21N5/c1-13(2,3)14-7-11-5-6-18(8-11)10-12-9-17(4)16-15-12/h5-6,8-9,14H,7,10H2,1-4H3. The van der Waals surface area contributed by atoms with Crippen molar-refractivity contribution in [3.63, 3.8) is 0 Å². The fourth-order valence-corrected chi connectivity index (χ4v) is 1.72. The fourth-order valence-electron chi connectivity index (χ4n) is 1.72. The number of rotatable bonds is 4. The maximum absolute atomic E-state index is 4.08. The summed E-state index contributed by atoms with van der Waals surface area (Å²) in [7, 11) is 1.88. The van der Waals surface area contributed by atoms with Crippen molar-refractivity contribution in [1.29, 1.82) is 0 Å². The molecule has 0 fully saturated rings. The van der Waals surface area contributed by atoms with Gasteiger partial charge in [0.05, 0.1) is 6.54 Å². The van der Waals surface area contributed by atoms with E-state index in [0.29, 0.717) is 0 Å². The van der Waals surface area contributed by atoms with Crippen LogP contribution in [-0.4, -0.2) is 25.1 Å². The van der Waals surface area contributed by atoms with Crippen LogP contribution in [-0.2, 0) is 20.1 Å². The molecule has 2 aromatic rings. The van der Waals surface area contributed by atoms with Gasteiger partial charge >= 0.3 is 0 Å². The van der Waals surface area contributed by atoms with Gasteiger partial charge in [0.2, 0.25) is 0 Å². The summed E-state index contributed by atoms with van der Waals surface area (Å²) in [5.74, 6) is 0. The van der Waals surface area contributed by atoms with E-state index in [9.17, 15) is 0 Å². The van der Waals surface area contributed by atoms with Crippen molar-refractivity contribution in [3.8, 4) is 0 Å². The van der Waals surface area contributed by atoms with Crippen molar-refractivity contribution in [3.05, 3.63) is 35.9 Å². The molecule has 0 amide bonds. The molecule has 1 N–H and O–H groups in total. The summed E-state index contributed by atoms with van der Waals surface area (Å²) in [5, 5.41) is 11.5. The number of nitrogens with one attached hydrogen (secondary N) is 1. The second-order valence-electron chi connectivity index (χ2n) is 5.68. The molecule has 0 atom stereocenters. The molecule has 2 heterocycles. The van der Waals surface area contributed by atoms with Gasteiger partial charge in [0.1, 0.15) is 5.69 Å². The Morgan fingerprint density at radius 3 is 2.67 bits per heavy atom. The molecular weight excluding hydrogens is 226 g/mol. The Balaban J connectivity index is 1.94. The predicted octanol–water partition coefficient (Wildman–Crippen LogP) is 1.55. The third-order valence-electron chi connectivity index (χ3n) is 2.63. The lowest BCUT2D eigenvalue weighted by atomic mass is 10.1. The van der Waals surface area contributed by atoms with Crippen molar-refractivity contribution in [2.45, 2.75) is 39.4 Å². The summed E-state index contributed by atoms with van der Waals surface area (Å²) >= 11 is 0. The first kappa shape index (κ1) is 12.8. The van der Waals surface area contributed by atoms with Gasteiger partial charge in [-0.1, -0.05) is 5.21 Å². The maximum atomic E-state index is 4.08. The van der Waals surface area contributed by atoms with Gasteiger partial charge in [-0.05, 0) is 32.4 Å². The Labute approximate surface area is 108 Å². The SMILES string of the molecule is Cn1cc(Cn2ccc(CNC(C)(C)C)c2)nn1. The summed E-state index contributed by atoms with van der Waals surface area (Å²) in [4.78, 5) is 0. The molecular formula is C13H21N5. The Morgan fingerprint density at radius 1 is 1.28 bits per heavy atom. The van der Waals surface area contributed by atoms with E-state index in [1.54, 1.807) is 4.68 Å². The average Bonchev–Trinajstić information content (AvgIpc) is 2.85. The predicted molar refractivity (Wildman–Crippen MR) is 71.1 cm³/mol. The van der Waals surface area contributed by atoms with Gasteiger partial charge in [-0.25, -0.2) is 0 Å². The molecule has 0 unspecified atom stereocenters. The van der Waals surface area contributed by atoms with E-state index in [0.717, 1.165) is 18.8 Å². The van der Waals surface area contributed by atoms with Crippen LogP contribution in [0.25, 0.3) is 0 Å². The van der Waals surface area contributed by atoms with Crippen LogP contribution in [0.4, 0.5) is 0 Å². The van der Waals surface area contributed by atoms with E-state index in [1.807, 2.05) is 13.2 Å². The third-order valence-corrected chi connectivity index (χ3v) is 2.63. The molecule has 0 saturated carbocycles. The Kier molecular flexibility index (Phi) is 3.52. The summed E-state index contributed by atoms with van der Waals surface area (Å²) in [6, 6.07) is 2.13. The Morgan fingerprint density at radius 2 is 2.06 bits per heavy atom. The van der Waals surface area contributed by atoms with E-state index in [-0.39, 0.29) is 5.54 Å². The van der Waals surface area contributed by atoms with Crippen molar-refractivity contribution in [2.75, 3.05) is 0 Å². The molecule has 0 aliphatic carbocycles. The number of aryl methyl sites for hydroxylation is 1. The molecule has 0 aromatic carbocycles. The van der Waals surface area contributed by atoms with Gasteiger partial charge in [-0.3, -0.25) is 4.68 Å². The van der Waals surface area contributed by atoms with Gasteiger partial charge in [0, 0.05) is 37.7 Å². The highest BCUT2D eigenvalue weighted by molar-refractivity contribution is 5.11. The first-order chi connectivity index (χ1) is 8.42. The molecule has 2 aromatic heterocycles. The molecule has 0 aliphatic rings. The number of nitrogens with zero attached hydrogens (tertiary/aromatic N) is 4. The van der Waals surface area contributed by atoms with E-state index < -0.39 is 0 Å². The van der Waals surface area contributed by atoms with Crippen LogP contribution in [0, 0.1) is 0 Å². The van der Waals surface area contributed by atoms with Gasteiger partial charge < -0.3 is 9.88 Å². The highest BCUT2D eigenvalue weighted by atomic mass is 15.4. The zero-order valence-electron chi connectivity index (χ0n) is 11.5. The van der Waals surface area contributed by atoms with Gasteiger partial charge in [-0.15, -0.1) is 5.10 Å². The van der Waals surface area contributed by atoms with Crippen LogP contribution < -0.4 is 5.32 Å². The first-order valence-electron chi connectivity index (χ1n) is 6.17. The van der Waals surface area contributed by atoms with Crippen LogP contribution in [0.1, 0.15) is 32.0 Å². The first-order valence-corrected chi connectivity index (χ1v) is 6.17. The van der Waals surface area contributed by atoms with Crippen LogP contribution >= 0.6 is 0 Å². The average molecular weight is 247 g/mol. The number of hydrogen-bond donors (Lipinski definition) is 1. The zero-order valence-corrected chi connectivity index (χ0v) is 11.5. The topological polar surface area (TPSA) is 47.7 Å². The van der Waals surface area contributed by atoms with E-state index in [1.165, 1.54) is 5.56 Å². The summed E-state index contributed by atoms with van der Waals surface area (Å²) in [6.07, 6.45) is 6.16. The lowest BCUT2D eigenvalue weighted by Crippen LogP contribution is -2.34. The second-order valence-corrected chi connectivity index (χ2v) is 5.68. The highest BCUT2D eigenvalue weighted by Crippen LogP contribution is 2.07. The molecule has 0 saturated heterocycles. The minimum atomic E-state index is 0.146. The quantitative estimate of drug-likeness (QED) is 0.891. The highest BCUT2D eigenvalue weighted by Gasteiger charge is 2.09. The van der Waals surface area contributed by atoms with Crippen molar-refractivity contribution in [1.82, 2.24) is 24.9 Å². The lowest BCUT2D eigenvalue weighted by Gasteiger charge is -2.19. The van der Waals surface area contributed by atoms with E-state index >= 15 is 0 Å². The second kappa shape index (κ2) is 4.94. The smallest absolute Gasteiger partial charge is 0.102 e. The minimum absolute atomic E-state index is 0.146. The molecule has 0 bridgehead atoms. The summed E-state index contributed by atoms with van der Waals surface area (Å²) in [6.45, 7) is 8.16. The van der Waals surface area contributed by atoms with Crippen LogP contribution in [0.2, 0.25) is 0 Å². The fraction of sp³-hybridized carbons (Fsp3) is 0.538. The lowest BCUT2D eigenvalue weighted by molar-refractivity contribution is 0.424. The van der Waals surface area contributed by atoms with Crippen LogP contribution in [0.5, 0.6) is 0 Å². The molecule has 2 rings (SSSR count). The molecule has 0 radical (unpaired) electrons.